The van der Waals surface area contributed by atoms with E-state index >= 15 is 0 Å². The van der Waals surface area contributed by atoms with Crippen LogP contribution in [0.4, 0.5) is 0 Å². The van der Waals surface area contributed by atoms with Gasteiger partial charge in [-0.25, -0.2) is 0 Å². The van der Waals surface area contributed by atoms with Crippen molar-refractivity contribution in [2.24, 2.45) is 0 Å². The quantitative estimate of drug-likeness (QED) is 0.368. The number of hydrogen-bond acceptors (Lipinski definition) is 2. The topological polar surface area (TPSA) is 32.8 Å². The smallest absolute Gasteiger partial charge is 0.119 e. The van der Waals surface area contributed by atoms with Gasteiger partial charge in [0.1, 0.15) is 5.75 Å². The molecule has 2 rings (SSSR count). The van der Waals surface area contributed by atoms with Crippen LogP contribution in [0.1, 0.15) is 82.3 Å². The Morgan fingerprint density at radius 2 is 1.57 bits per heavy atom. The van der Waals surface area contributed by atoms with Gasteiger partial charge < -0.3 is 9.84 Å². The molecular formula is C21H34O2. The zero-order valence-corrected chi connectivity index (χ0v) is 14.9. The molecule has 1 aromatic rings. The number of benzene rings is 1. The molecule has 0 aromatic heterocycles. The van der Waals surface area contributed by atoms with Crippen LogP contribution in [0.25, 0.3) is 0 Å². The minimum absolute atomic E-state index is 0.342. The number of unbranched alkanes of at least 4 members (excludes halogenated alkanes) is 9. The zero-order chi connectivity index (χ0) is 16.3. The lowest BCUT2D eigenvalue weighted by molar-refractivity contribution is 0.401. The maximum atomic E-state index is 10.1. The van der Waals surface area contributed by atoms with Crippen molar-refractivity contribution in [2.75, 3.05) is 6.61 Å². The molecule has 0 amide bonds. The second-order valence-corrected chi connectivity index (χ2v) is 7.01. The fourth-order valence-corrected chi connectivity index (χ4v) is 3.31. The van der Waals surface area contributed by atoms with Gasteiger partial charge in [-0.15, -0.1) is 0 Å². The molecule has 2 heteroatoms. The molecule has 130 valence electrons. The fourth-order valence-electron chi connectivity index (χ4n) is 3.31. The van der Waals surface area contributed by atoms with E-state index in [0.717, 1.165) is 25.0 Å². The Hall–Kier alpha value is -1.02. The predicted octanol–water partition coefficient (Wildman–Crippen LogP) is 5.80. The average Bonchev–Trinajstić information content (AvgIpc) is 3.36. The summed E-state index contributed by atoms with van der Waals surface area (Å²) >= 11 is 0. The van der Waals surface area contributed by atoms with Crippen molar-refractivity contribution in [1.29, 1.82) is 0 Å². The van der Waals surface area contributed by atoms with Crippen LogP contribution >= 0.6 is 0 Å². The molecule has 0 bridgehead atoms. The first kappa shape index (κ1) is 18.3. The second kappa shape index (κ2) is 10.7. The van der Waals surface area contributed by atoms with Gasteiger partial charge in [-0.2, -0.15) is 0 Å². The summed E-state index contributed by atoms with van der Waals surface area (Å²) in [5, 5.41) is 10.1. The first-order chi connectivity index (χ1) is 11.3. The third kappa shape index (κ3) is 7.39. The molecule has 1 aromatic carbocycles. The molecule has 0 radical (unpaired) electrons. The van der Waals surface area contributed by atoms with E-state index in [9.17, 15) is 5.11 Å². The Morgan fingerprint density at radius 3 is 2.17 bits per heavy atom. The highest BCUT2D eigenvalue weighted by atomic mass is 16.6. The molecule has 1 aliphatic heterocycles. The van der Waals surface area contributed by atoms with Gasteiger partial charge in [0.25, 0.3) is 0 Å². The third-order valence-electron chi connectivity index (χ3n) is 4.88. The first-order valence-electron chi connectivity index (χ1n) is 9.72. The normalized spacial score (nSPS) is 16.7. The number of epoxide rings is 1. The zero-order valence-electron chi connectivity index (χ0n) is 14.9. The lowest BCUT2D eigenvalue weighted by Crippen LogP contribution is -2.00. The fraction of sp³-hybridized carbons (Fsp3) is 0.714. The van der Waals surface area contributed by atoms with Crippen molar-refractivity contribution in [1.82, 2.24) is 0 Å². The van der Waals surface area contributed by atoms with Crippen LogP contribution in [-0.4, -0.2) is 17.8 Å². The Morgan fingerprint density at radius 1 is 0.957 bits per heavy atom. The molecule has 1 fully saturated rings. The van der Waals surface area contributed by atoms with Gasteiger partial charge in [-0.05, 0) is 30.0 Å². The maximum absolute atomic E-state index is 10.1. The van der Waals surface area contributed by atoms with E-state index in [1.165, 1.54) is 69.8 Å². The highest BCUT2D eigenvalue weighted by Gasteiger charge is 2.25. The SMILES string of the molecule is CCCCCCCCCCCCc1cccc(O)c1CC1CO1. The van der Waals surface area contributed by atoms with Gasteiger partial charge in [-0.3, -0.25) is 0 Å². The molecule has 23 heavy (non-hydrogen) atoms. The van der Waals surface area contributed by atoms with Crippen LogP contribution in [0.3, 0.4) is 0 Å². The van der Waals surface area contributed by atoms with Gasteiger partial charge in [0.05, 0.1) is 12.7 Å². The molecule has 0 spiro atoms. The molecule has 0 saturated carbocycles. The average molecular weight is 319 g/mol. The number of ether oxygens (including phenoxy) is 1. The van der Waals surface area contributed by atoms with Crippen LogP contribution in [0.15, 0.2) is 18.2 Å². The Bertz CT molecular complexity index is 437. The van der Waals surface area contributed by atoms with Crippen LogP contribution < -0.4 is 0 Å². The molecule has 1 aliphatic rings. The van der Waals surface area contributed by atoms with Crippen LogP contribution in [0, 0.1) is 0 Å². The highest BCUT2D eigenvalue weighted by Crippen LogP contribution is 2.28. The van der Waals surface area contributed by atoms with E-state index in [2.05, 4.69) is 13.0 Å². The molecular weight excluding hydrogens is 284 g/mol. The lowest BCUT2D eigenvalue weighted by Gasteiger charge is -2.10. The van der Waals surface area contributed by atoms with Crippen molar-refractivity contribution in [2.45, 2.75) is 90.1 Å². The summed E-state index contributed by atoms with van der Waals surface area (Å²) in [6.07, 6.45) is 16.0. The number of phenolic OH excluding ortho intramolecular Hbond substituents is 1. The summed E-state index contributed by atoms with van der Waals surface area (Å²) in [6.45, 7) is 3.13. The molecule has 2 nitrogen and oxygen atoms in total. The van der Waals surface area contributed by atoms with E-state index in [4.69, 9.17) is 4.74 Å². The van der Waals surface area contributed by atoms with Crippen molar-refractivity contribution in [3.8, 4) is 5.75 Å². The Kier molecular flexibility index (Phi) is 8.52. The summed E-state index contributed by atoms with van der Waals surface area (Å²) in [5.74, 6) is 0.449. The van der Waals surface area contributed by atoms with E-state index in [-0.39, 0.29) is 0 Å². The van der Waals surface area contributed by atoms with E-state index in [1.54, 1.807) is 6.07 Å². The summed E-state index contributed by atoms with van der Waals surface area (Å²) in [5.41, 5.74) is 2.44. The van der Waals surface area contributed by atoms with Gasteiger partial charge in [0.15, 0.2) is 0 Å². The molecule has 1 heterocycles. The number of aromatic hydroxyl groups is 1. The number of aryl methyl sites for hydroxylation is 1. The summed E-state index contributed by atoms with van der Waals surface area (Å²) < 4.78 is 5.32. The van der Waals surface area contributed by atoms with E-state index in [0.29, 0.717) is 11.9 Å². The monoisotopic (exact) mass is 318 g/mol. The summed E-state index contributed by atoms with van der Waals surface area (Å²) in [6, 6.07) is 5.95. The molecule has 1 N–H and O–H groups in total. The Labute approximate surface area is 142 Å². The summed E-state index contributed by atoms with van der Waals surface area (Å²) in [7, 11) is 0. The standard InChI is InChI=1S/C21H34O2/c1-2-3-4-5-6-7-8-9-10-11-13-18-14-12-15-21(22)20(18)16-19-17-23-19/h12,14-15,19,22H,2-11,13,16-17H2,1H3. The lowest BCUT2D eigenvalue weighted by atomic mass is 9.96. The highest BCUT2D eigenvalue weighted by molar-refractivity contribution is 5.40. The maximum Gasteiger partial charge on any atom is 0.119 e. The predicted molar refractivity (Wildman–Crippen MR) is 97.1 cm³/mol. The third-order valence-corrected chi connectivity index (χ3v) is 4.88. The van der Waals surface area contributed by atoms with Crippen LogP contribution in [-0.2, 0) is 17.6 Å². The summed E-state index contributed by atoms with van der Waals surface area (Å²) in [4.78, 5) is 0. The number of hydrogen-bond donors (Lipinski definition) is 1. The minimum Gasteiger partial charge on any atom is -0.508 e. The van der Waals surface area contributed by atoms with Crippen molar-refractivity contribution < 1.29 is 9.84 Å². The largest absolute Gasteiger partial charge is 0.508 e. The van der Waals surface area contributed by atoms with E-state index < -0.39 is 0 Å². The van der Waals surface area contributed by atoms with Gasteiger partial charge >= 0.3 is 0 Å². The van der Waals surface area contributed by atoms with Gasteiger partial charge in [0, 0.05) is 6.42 Å². The second-order valence-electron chi connectivity index (χ2n) is 7.01. The number of phenols is 1. The van der Waals surface area contributed by atoms with Gasteiger partial charge in [0.2, 0.25) is 0 Å². The number of rotatable bonds is 13. The molecule has 1 unspecified atom stereocenters. The van der Waals surface area contributed by atoms with Crippen molar-refractivity contribution in [3.63, 3.8) is 0 Å². The van der Waals surface area contributed by atoms with Crippen molar-refractivity contribution in [3.05, 3.63) is 29.3 Å². The molecule has 1 saturated heterocycles. The van der Waals surface area contributed by atoms with Crippen LogP contribution in [0.2, 0.25) is 0 Å². The van der Waals surface area contributed by atoms with Crippen LogP contribution in [0.5, 0.6) is 5.75 Å². The molecule has 1 atom stereocenters. The minimum atomic E-state index is 0.342. The van der Waals surface area contributed by atoms with Crippen molar-refractivity contribution >= 4 is 0 Å². The molecule has 0 aliphatic carbocycles. The van der Waals surface area contributed by atoms with Gasteiger partial charge in [-0.1, -0.05) is 76.8 Å². The van der Waals surface area contributed by atoms with E-state index in [1.807, 2.05) is 6.07 Å². The Balaban J connectivity index is 1.56. The first-order valence-corrected chi connectivity index (χ1v) is 9.72.